The number of rotatable bonds is 1. The molecule has 3 aliphatic heterocycles. The molecule has 2 amide bonds. The van der Waals surface area contributed by atoms with Crippen LogP contribution in [0.25, 0.3) is 0 Å². The Hall–Kier alpha value is -4.60. The van der Waals surface area contributed by atoms with Gasteiger partial charge in [0.05, 0.1) is 25.4 Å². The van der Waals surface area contributed by atoms with Gasteiger partial charge in [-0.3, -0.25) is 14.3 Å². The molecule has 196 valence electrons. The van der Waals surface area contributed by atoms with Gasteiger partial charge in [-0.05, 0) is 48.7 Å². The van der Waals surface area contributed by atoms with Gasteiger partial charge in [-0.25, -0.2) is 9.97 Å². The summed E-state index contributed by atoms with van der Waals surface area (Å²) in [6.07, 6.45) is 4.72. The molecule has 39 heavy (non-hydrogen) atoms. The van der Waals surface area contributed by atoms with Crippen molar-refractivity contribution in [2.45, 2.75) is 44.3 Å². The molecule has 1 fully saturated rings. The Balaban J connectivity index is 1.42. The first-order chi connectivity index (χ1) is 19.0. The zero-order chi connectivity index (χ0) is 26.6. The molecule has 0 saturated carbocycles. The van der Waals surface area contributed by atoms with Gasteiger partial charge in [0.1, 0.15) is 28.4 Å². The fourth-order valence-electron chi connectivity index (χ4n) is 6.32. The summed E-state index contributed by atoms with van der Waals surface area (Å²) in [6.45, 7) is 3.63. The number of ether oxygens (including phenoxy) is 1. The Labute approximate surface area is 225 Å². The van der Waals surface area contributed by atoms with Crippen molar-refractivity contribution in [1.82, 2.24) is 29.9 Å². The van der Waals surface area contributed by atoms with Crippen LogP contribution in [0.5, 0.6) is 5.75 Å². The summed E-state index contributed by atoms with van der Waals surface area (Å²) in [6, 6.07) is 16.8. The number of benzene rings is 2. The highest BCUT2D eigenvalue weighted by Crippen LogP contribution is 2.57. The highest BCUT2D eigenvalue weighted by atomic mass is 16.5. The van der Waals surface area contributed by atoms with E-state index in [4.69, 9.17) is 4.74 Å². The molecule has 10 heteroatoms. The third-order valence-corrected chi connectivity index (χ3v) is 7.96. The largest absolute Gasteiger partial charge is 0.494 e. The third kappa shape index (κ3) is 3.70. The normalized spacial score (nSPS) is 22.0. The number of fused-ring (bicyclic) bond motifs is 8. The van der Waals surface area contributed by atoms with Gasteiger partial charge in [-0.15, -0.1) is 5.10 Å². The number of nitrogens with zero attached hydrogens (tertiary/aromatic N) is 7. The van der Waals surface area contributed by atoms with E-state index in [0.29, 0.717) is 55.6 Å². The third-order valence-electron chi connectivity index (χ3n) is 7.96. The lowest BCUT2D eigenvalue weighted by atomic mass is 9.72. The molecule has 0 N–H and O–H groups in total. The predicted molar refractivity (Wildman–Crippen MR) is 141 cm³/mol. The van der Waals surface area contributed by atoms with Crippen LogP contribution < -0.4 is 9.64 Å². The van der Waals surface area contributed by atoms with Crippen molar-refractivity contribution < 1.29 is 14.3 Å². The van der Waals surface area contributed by atoms with Crippen LogP contribution in [0, 0.1) is 6.92 Å². The van der Waals surface area contributed by atoms with Crippen molar-refractivity contribution in [3.63, 3.8) is 0 Å². The Morgan fingerprint density at radius 1 is 1.10 bits per heavy atom. The Bertz CT molecular complexity index is 1600. The summed E-state index contributed by atoms with van der Waals surface area (Å²) in [7, 11) is 0. The predicted octanol–water partition coefficient (Wildman–Crippen LogP) is 3.23. The number of aryl methyl sites for hydroxylation is 2. The quantitative estimate of drug-likeness (QED) is 0.379. The Morgan fingerprint density at radius 3 is 2.90 bits per heavy atom. The number of para-hydroxylation sites is 1. The average molecular weight is 522 g/mol. The second-order valence-electron chi connectivity index (χ2n) is 10.3. The van der Waals surface area contributed by atoms with Gasteiger partial charge in [0.15, 0.2) is 0 Å². The number of carbonyl (C=O) groups is 2. The molecule has 4 aromatic rings. The van der Waals surface area contributed by atoms with E-state index >= 15 is 0 Å². The second kappa shape index (κ2) is 9.00. The minimum atomic E-state index is -0.969. The molecule has 3 aliphatic rings. The molecule has 5 heterocycles. The lowest BCUT2D eigenvalue weighted by Gasteiger charge is -2.35. The monoisotopic (exact) mass is 521 g/mol. The fraction of sp³-hybridized carbons (Fsp3) is 0.310. The van der Waals surface area contributed by atoms with Gasteiger partial charge >= 0.3 is 0 Å². The van der Waals surface area contributed by atoms with Crippen LogP contribution in [-0.2, 0) is 23.3 Å². The molecule has 2 aromatic carbocycles. The number of amides is 2. The second-order valence-corrected chi connectivity index (χ2v) is 10.3. The molecule has 10 nitrogen and oxygen atoms in total. The number of hydrogen-bond acceptors (Lipinski definition) is 7. The van der Waals surface area contributed by atoms with Gasteiger partial charge < -0.3 is 14.5 Å². The maximum atomic E-state index is 14.7. The van der Waals surface area contributed by atoms with Crippen LogP contribution in [0.4, 0.5) is 5.69 Å². The van der Waals surface area contributed by atoms with E-state index in [1.807, 2.05) is 54.7 Å². The van der Waals surface area contributed by atoms with Gasteiger partial charge in [0, 0.05) is 31.4 Å². The van der Waals surface area contributed by atoms with Gasteiger partial charge in [0.2, 0.25) is 5.91 Å². The minimum Gasteiger partial charge on any atom is -0.494 e. The van der Waals surface area contributed by atoms with E-state index in [-0.39, 0.29) is 11.8 Å². The van der Waals surface area contributed by atoms with Crippen LogP contribution in [0.3, 0.4) is 0 Å². The van der Waals surface area contributed by atoms with Crippen LogP contribution in [0.1, 0.15) is 52.0 Å². The van der Waals surface area contributed by atoms with Crippen molar-refractivity contribution in [1.29, 1.82) is 0 Å². The van der Waals surface area contributed by atoms with Gasteiger partial charge in [-0.1, -0.05) is 35.5 Å². The van der Waals surface area contributed by atoms with Gasteiger partial charge in [-0.2, -0.15) is 0 Å². The van der Waals surface area contributed by atoms with Gasteiger partial charge in [0.25, 0.3) is 5.91 Å². The Kier molecular flexibility index (Phi) is 5.43. The summed E-state index contributed by atoms with van der Waals surface area (Å²) in [4.78, 5) is 40.8. The van der Waals surface area contributed by atoms with E-state index in [9.17, 15) is 9.59 Å². The summed E-state index contributed by atoms with van der Waals surface area (Å²) in [5, 5.41) is 8.61. The van der Waals surface area contributed by atoms with E-state index < -0.39 is 11.5 Å². The first-order valence-corrected chi connectivity index (χ1v) is 13.2. The zero-order valence-electron chi connectivity index (χ0n) is 21.5. The number of carbonyl (C=O) groups excluding carboxylic acids is 2. The van der Waals surface area contributed by atoms with E-state index in [1.165, 1.54) is 0 Å². The average Bonchev–Trinajstić information content (AvgIpc) is 3.63. The Morgan fingerprint density at radius 2 is 2.00 bits per heavy atom. The summed E-state index contributed by atoms with van der Waals surface area (Å²) < 4.78 is 7.90. The molecule has 2 atom stereocenters. The molecule has 0 radical (unpaired) electrons. The standard InChI is InChI=1S/C29H27N7O3/c1-19-30-12-10-24(31-19)27(37)35-14-11-29-23-8-2-3-9-25(23)36(28(29)38)18-21-17-34(33-32-21)13-5-15-39-22-7-4-6-20(16-22)26(29)35/h2-4,6-10,12,16-17,26H,5,11,13-15,18H2,1H3/t26-,29+/m0/s1. The number of aromatic nitrogens is 5. The zero-order valence-corrected chi connectivity index (χ0v) is 21.5. The number of likely N-dealkylation sites (tertiary alicyclic amines) is 1. The molecule has 1 saturated heterocycles. The van der Waals surface area contributed by atoms with Crippen LogP contribution in [0.15, 0.2) is 67.0 Å². The fourth-order valence-corrected chi connectivity index (χ4v) is 6.32. The number of anilines is 1. The van der Waals surface area contributed by atoms with E-state index in [0.717, 1.165) is 23.2 Å². The van der Waals surface area contributed by atoms with E-state index in [2.05, 4.69) is 20.3 Å². The smallest absolute Gasteiger partial charge is 0.273 e. The van der Waals surface area contributed by atoms with Crippen LogP contribution >= 0.6 is 0 Å². The van der Waals surface area contributed by atoms with Crippen molar-refractivity contribution in [3.05, 3.63) is 95.3 Å². The van der Waals surface area contributed by atoms with E-state index in [1.54, 1.807) is 33.7 Å². The molecule has 6 bridgehead atoms. The molecule has 2 aromatic heterocycles. The summed E-state index contributed by atoms with van der Waals surface area (Å²) in [5.74, 6) is 0.954. The number of hydrogen-bond donors (Lipinski definition) is 0. The van der Waals surface area contributed by atoms with Crippen molar-refractivity contribution in [2.24, 2.45) is 0 Å². The molecule has 0 aliphatic carbocycles. The van der Waals surface area contributed by atoms with Crippen molar-refractivity contribution in [2.75, 3.05) is 18.1 Å². The van der Waals surface area contributed by atoms with Crippen molar-refractivity contribution >= 4 is 17.5 Å². The minimum absolute atomic E-state index is 0.0430. The molecule has 0 unspecified atom stereocenters. The molecular weight excluding hydrogens is 494 g/mol. The summed E-state index contributed by atoms with van der Waals surface area (Å²) >= 11 is 0. The molecule has 7 rings (SSSR count). The lowest BCUT2D eigenvalue weighted by molar-refractivity contribution is -0.124. The lowest BCUT2D eigenvalue weighted by Crippen LogP contribution is -2.45. The van der Waals surface area contributed by atoms with Crippen LogP contribution in [-0.4, -0.2) is 54.8 Å². The maximum Gasteiger partial charge on any atom is 0.273 e. The van der Waals surface area contributed by atoms with Crippen molar-refractivity contribution in [3.8, 4) is 5.75 Å². The van der Waals surface area contributed by atoms with Crippen LogP contribution in [0.2, 0.25) is 0 Å². The topological polar surface area (TPSA) is 106 Å². The summed E-state index contributed by atoms with van der Waals surface area (Å²) in [5.41, 5.74) is 2.67. The maximum absolute atomic E-state index is 14.7. The highest BCUT2D eigenvalue weighted by Gasteiger charge is 2.61. The molecular formula is C29H27N7O3. The SMILES string of the molecule is Cc1nccc(C(=O)N2CC[C@]34C(=O)N(Cc5cn(nn5)CCCOc5cccc(c5)[C@H]23)c2ccccc24)n1. The first kappa shape index (κ1) is 23.5. The highest BCUT2D eigenvalue weighted by molar-refractivity contribution is 6.09. The first-order valence-electron chi connectivity index (χ1n) is 13.2. The molecule has 1 spiro atoms.